The number of aromatic nitrogens is 2. The molecule has 2 aliphatic rings. The number of hydrogen-bond donors (Lipinski definition) is 1. The summed E-state index contributed by atoms with van der Waals surface area (Å²) in [7, 11) is 1.51. The van der Waals surface area contributed by atoms with Gasteiger partial charge in [-0.05, 0) is 25.1 Å². The molecule has 0 bridgehead atoms. The van der Waals surface area contributed by atoms with Gasteiger partial charge in [-0.3, -0.25) is 19.8 Å². The molecule has 1 spiro atoms. The number of anilines is 1. The first kappa shape index (κ1) is 20.3. The van der Waals surface area contributed by atoms with Crippen LogP contribution in [-0.4, -0.2) is 34.2 Å². The lowest BCUT2D eigenvalue weighted by Crippen LogP contribution is -2.48. The van der Waals surface area contributed by atoms with Gasteiger partial charge in [-0.15, -0.1) is 6.42 Å². The topological polar surface area (TPSA) is 103 Å². The van der Waals surface area contributed by atoms with Crippen molar-refractivity contribution in [3.05, 3.63) is 93.1 Å². The molecule has 0 fully saturated rings. The van der Waals surface area contributed by atoms with Gasteiger partial charge in [0.05, 0.1) is 28.4 Å². The van der Waals surface area contributed by atoms with E-state index in [1.54, 1.807) is 35.9 Å². The second-order valence-electron chi connectivity index (χ2n) is 7.66. The smallest absolute Gasteiger partial charge is 0.330 e. The summed E-state index contributed by atoms with van der Waals surface area (Å²) in [6, 6.07) is 16.2. The minimum atomic E-state index is -1.78. The molecule has 1 atom stereocenters. The van der Waals surface area contributed by atoms with E-state index in [-0.39, 0.29) is 18.3 Å². The van der Waals surface area contributed by atoms with Crippen LogP contribution >= 0.6 is 0 Å². The molecule has 0 saturated carbocycles. The normalized spacial score (nSPS) is 18.6. The van der Waals surface area contributed by atoms with Crippen molar-refractivity contribution in [2.45, 2.75) is 12.3 Å². The van der Waals surface area contributed by atoms with E-state index in [0.29, 0.717) is 28.2 Å². The highest BCUT2D eigenvalue weighted by atomic mass is 16.6. The van der Waals surface area contributed by atoms with Gasteiger partial charge in [-0.25, -0.2) is 4.68 Å². The standard InChI is InChI=1S/C24H19N5O4/c1-4-14-27-18-13-9-8-12-17(18)24(23(27)30)19-15(2)26-28(16-10-6-5-7-11-16)22(19)33-21(25-3)20(24)29(31)32/h1,5-13,25H,14H2,2-3H3. The molecule has 1 unspecified atom stereocenters. The molecule has 2 aromatic carbocycles. The summed E-state index contributed by atoms with van der Waals surface area (Å²) in [4.78, 5) is 27.5. The number of benzene rings is 2. The maximum Gasteiger partial charge on any atom is 0.330 e. The van der Waals surface area contributed by atoms with Gasteiger partial charge in [-0.2, -0.15) is 5.10 Å². The van der Waals surface area contributed by atoms with Crippen LogP contribution in [0.3, 0.4) is 0 Å². The van der Waals surface area contributed by atoms with Gasteiger partial charge >= 0.3 is 5.70 Å². The lowest BCUT2D eigenvalue weighted by Gasteiger charge is -2.31. The molecule has 9 nitrogen and oxygen atoms in total. The van der Waals surface area contributed by atoms with Gasteiger partial charge in [0, 0.05) is 18.3 Å². The van der Waals surface area contributed by atoms with Crippen molar-refractivity contribution < 1.29 is 14.5 Å². The first-order chi connectivity index (χ1) is 16.0. The second kappa shape index (κ2) is 7.24. The number of ether oxygens (including phenoxy) is 1. The Labute approximate surface area is 189 Å². The fourth-order valence-corrected chi connectivity index (χ4v) is 4.77. The van der Waals surface area contributed by atoms with Gasteiger partial charge in [0.1, 0.15) is 0 Å². The third kappa shape index (κ3) is 2.55. The fourth-order valence-electron chi connectivity index (χ4n) is 4.77. The molecule has 33 heavy (non-hydrogen) atoms. The van der Waals surface area contributed by atoms with Gasteiger partial charge in [0.15, 0.2) is 0 Å². The molecule has 2 aliphatic heterocycles. The van der Waals surface area contributed by atoms with Gasteiger partial charge in [0.2, 0.25) is 11.3 Å². The largest absolute Gasteiger partial charge is 0.416 e. The quantitative estimate of drug-likeness (QED) is 0.379. The number of amides is 1. The van der Waals surface area contributed by atoms with Gasteiger partial charge < -0.3 is 10.1 Å². The maximum atomic E-state index is 14.1. The zero-order valence-corrected chi connectivity index (χ0v) is 17.9. The van der Waals surface area contributed by atoms with Crippen molar-refractivity contribution in [1.29, 1.82) is 0 Å². The SMILES string of the molecule is C#CCN1C(=O)C2(C([N+](=O)[O-])=C(NC)Oc3c2c(C)nn3-c2ccccc2)c2ccccc21. The van der Waals surface area contributed by atoms with Crippen LogP contribution in [0.5, 0.6) is 5.88 Å². The van der Waals surface area contributed by atoms with Crippen LogP contribution in [0.25, 0.3) is 5.69 Å². The van der Waals surface area contributed by atoms with Crippen LogP contribution in [0.15, 0.2) is 66.2 Å². The minimum absolute atomic E-state index is 0.0282. The van der Waals surface area contributed by atoms with Crippen molar-refractivity contribution in [3.63, 3.8) is 0 Å². The summed E-state index contributed by atoms with van der Waals surface area (Å²) in [5.74, 6) is 2.09. The summed E-state index contributed by atoms with van der Waals surface area (Å²) >= 11 is 0. The Morgan fingerprint density at radius 2 is 1.91 bits per heavy atom. The van der Waals surface area contributed by atoms with Crippen molar-refractivity contribution in [2.75, 3.05) is 18.5 Å². The average Bonchev–Trinajstić information content (AvgIpc) is 3.28. The molecule has 3 heterocycles. The van der Waals surface area contributed by atoms with Gasteiger partial charge in [0.25, 0.3) is 11.8 Å². The Balaban J connectivity index is 1.93. The molecule has 3 aromatic rings. The lowest BCUT2D eigenvalue weighted by molar-refractivity contribution is -0.436. The predicted octanol–water partition coefficient (Wildman–Crippen LogP) is 2.50. The number of nitro groups is 1. The zero-order valence-electron chi connectivity index (χ0n) is 17.9. The van der Waals surface area contributed by atoms with E-state index in [9.17, 15) is 14.9 Å². The molecule has 0 radical (unpaired) electrons. The number of carbonyl (C=O) groups excluding carboxylic acids is 1. The van der Waals surface area contributed by atoms with E-state index in [0.717, 1.165) is 0 Å². The number of hydrogen-bond acceptors (Lipinski definition) is 6. The van der Waals surface area contributed by atoms with E-state index in [1.165, 1.54) is 11.9 Å². The molecule has 164 valence electrons. The third-order valence-corrected chi connectivity index (χ3v) is 5.99. The van der Waals surface area contributed by atoms with Crippen LogP contribution < -0.4 is 15.0 Å². The molecule has 0 saturated heterocycles. The molecule has 9 heteroatoms. The monoisotopic (exact) mass is 441 g/mol. The number of nitrogens with zero attached hydrogens (tertiary/aromatic N) is 4. The third-order valence-electron chi connectivity index (χ3n) is 5.99. The zero-order chi connectivity index (χ0) is 23.3. The molecule has 1 N–H and O–H groups in total. The number of aryl methyl sites for hydroxylation is 1. The van der Waals surface area contributed by atoms with Gasteiger partial charge in [-0.1, -0.05) is 42.3 Å². The number of carbonyl (C=O) groups is 1. The van der Waals surface area contributed by atoms with E-state index < -0.39 is 21.9 Å². The fraction of sp³-hybridized carbons (Fsp3) is 0.167. The summed E-state index contributed by atoms with van der Waals surface area (Å²) in [6.45, 7) is 1.69. The van der Waals surface area contributed by atoms with E-state index in [2.05, 4.69) is 16.3 Å². The molecule has 1 aromatic heterocycles. The highest BCUT2D eigenvalue weighted by Gasteiger charge is 2.66. The number of rotatable bonds is 4. The summed E-state index contributed by atoms with van der Waals surface area (Å²) in [5.41, 5.74) is 0.268. The average molecular weight is 441 g/mol. The minimum Gasteiger partial charge on any atom is -0.416 e. The predicted molar refractivity (Wildman–Crippen MR) is 120 cm³/mol. The molecular formula is C24H19N5O4. The number of nitrogens with one attached hydrogen (secondary N) is 1. The Kier molecular flexibility index (Phi) is 4.46. The van der Waals surface area contributed by atoms with Crippen molar-refractivity contribution in [1.82, 2.24) is 15.1 Å². The van der Waals surface area contributed by atoms with Crippen LogP contribution in [0.1, 0.15) is 16.8 Å². The number of para-hydroxylation sites is 2. The molecule has 0 aliphatic carbocycles. The Morgan fingerprint density at radius 3 is 2.58 bits per heavy atom. The van der Waals surface area contributed by atoms with E-state index >= 15 is 0 Å². The highest BCUT2D eigenvalue weighted by molar-refractivity contribution is 6.13. The van der Waals surface area contributed by atoms with Crippen LogP contribution in [0.4, 0.5) is 5.69 Å². The number of terminal acetylenes is 1. The molecule has 5 rings (SSSR count). The van der Waals surface area contributed by atoms with Crippen LogP contribution in [0, 0.1) is 29.4 Å². The van der Waals surface area contributed by atoms with Crippen molar-refractivity contribution >= 4 is 11.6 Å². The summed E-state index contributed by atoms with van der Waals surface area (Å²) < 4.78 is 7.58. The summed E-state index contributed by atoms with van der Waals surface area (Å²) in [5, 5.41) is 19.9. The molecular weight excluding hydrogens is 422 g/mol. The first-order valence-electron chi connectivity index (χ1n) is 10.2. The second-order valence-corrected chi connectivity index (χ2v) is 7.66. The molecule has 1 amide bonds. The number of fused-ring (bicyclic) bond motifs is 4. The van der Waals surface area contributed by atoms with Crippen LogP contribution in [-0.2, 0) is 10.2 Å². The lowest BCUT2D eigenvalue weighted by atomic mass is 9.71. The first-order valence-corrected chi connectivity index (χ1v) is 10.2. The highest BCUT2D eigenvalue weighted by Crippen LogP contribution is 2.56. The van der Waals surface area contributed by atoms with E-state index in [1.807, 2.05) is 30.3 Å². The Bertz CT molecular complexity index is 1390. The Hall–Kier alpha value is -4.58. The van der Waals surface area contributed by atoms with E-state index in [4.69, 9.17) is 11.2 Å². The van der Waals surface area contributed by atoms with Crippen molar-refractivity contribution in [3.8, 4) is 23.9 Å². The van der Waals surface area contributed by atoms with Crippen molar-refractivity contribution in [2.24, 2.45) is 0 Å². The van der Waals surface area contributed by atoms with Crippen LogP contribution in [0.2, 0.25) is 0 Å². The Morgan fingerprint density at radius 1 is 1.21 bits per heavy atom. The summed E-state index contributed by atoms with van der Waals surface area (Å²) in [6.07, 6.45) is 5.55. The maximum absolute atomic E-state index is 14.1.